The van der Waals surface area contributed by atoms with Gasteiger partial charge in [-0.05, 0) is 24.1 Å². The molecule has 1 aromatic carbocycles. The highest BCUT2D eigenvalue weighted by atomic mass is 16.5. The summed E-state index contributed by atoms with van der Waals surface area (Å²) in [5.41, 5.74) is -2.71. The van der Waals surface area contributed by atoms with Gasteiger partial charge in [-0.15, -0.1) is 0 Å². The second-order valence-corrected chi connectivity index (χ2v) is 5.96. The lowest BCUT2D eigenvalue weighted by atomic mass is 10.1. The second kappa shape index (κ2) is 8.25. The van der Waals surface area contributed by atoms with E-state index in [1.165, 1.54) is 0 Å². The molecule has 0 saturated carbocycles. The first kappa shape index (κ1) is 19.6. The van der Waals surface area contributed by atoms with Gasteiger partial charge >= 0.3 is 11.4 Å². The van der Waals surface area contributed by atoms with Gasteiger partial charge in [0.15, 0.2) is 0 Å². The van der Waals surface area contributed by atoms with E-state index in [0.29, 0.717) is 12.2 Å². The molecule has 11 nitrogen and oxygen atoms in total. The Morgan fingerprint density at radius 3 is 2.48 bits per heavy atom. The fourth-order valence-electron chi connectivity index (χ4n) is 2.56. The molecule has 0 spiro atoms. The van der Waals surface area contributed by atoms with Crippen molar-refractivity contribution in [3.8, 4) is 11.6 Å². The van der Waals surface area contributed by atoms with Crippen molar-refractivity contribution in [2.24, 2.45) is 4.99 Å². The van der Waals surface area contributed by atoms with Gasteiger partial charge in [0.1, 0.15) is 17.0 Å². The zero-order valence-corrected chi connectivity index (χ0v) is 15.3. The number of benzene rings is 1. The molecule has 3 rings (SSSR count). The standard InChI is InChI=1S/C18H17N5O6/c1-29-11-4-2-10(3-5-11)6-7-23-16(26)12(14(24)22-18(23)28)8-19-13-9-20-17(27)21-15(13)25/h2-5,8-9,26H,6-7H2,1H3,(H,22,24,28)(H2,20,21,25,27). The lowest BCUT2D eigenvalue weighted by molar-refractivity contribution is 0.399. The molecular weight excluding hydrogens is 382 g/mol. The van der Waals surface area contributed by atoms with Crippen molar-refractivity contribution in [1.29, 1.82) is 0 Å². The van der Waals surface area contributed by atoms with Crippen molar-refractivity contribution in [2.75, 3.05) is 7.11 Å². The molecule has 0 unspecified atom stereocenters. The Balaban J connectivity index is 1.90. The third kappa shape index (κ3) is 4.40. The average Bonchev–Trinajstić information content (AvgIpc) is 2.69. The minimum absolute atomic E-state index is 0.0911. The number of ether oxygens (including phenoxy) is 1. The summed E-state index contributed by atoms with van der Waals surface area (Å²) in [4.78, 5) is 56.9. The third-order valence-corrected chi connectivity index (χ3v) is 4.12. The Morgan fingerprint density at radius 2 is 1.83 bits per heavy atom. The van der Waals surface area contributed by atoms with Crippen LogP contribution in [0.4, 0.5) is 5.69 Å². The summed E-state index contributed by atoms with van der Waals surface area (Å²) in [6.07, 6.45) is 2.41. The number of aliphatic imine (C=N–C) groups is 1. The fraction of sp³-hybridized carbons (Fsp3) is 0.167. The number of hydrogen-bond acceptors (Lipinski definition) is 7. The maximum absolute atomic E-state index is 12.1. The molecule has 150 valence electrons. The van der Waals surface area contributed by atoms with Gasteiger partial charge in [-0.25, -0.2) is 14.6 Å². The maximum Gasteiger partial charge on any atom is 0.331 e. The molecule has 0 atom stereocenters. The highest BCUT2D eigenvalue weighted by Gasteiger charge is 2.13. The SMILES string of the molecule is COc1ccc(CCn2c(O)c(C=Nc3c[nH]c(=O)[nH]c3=O)c(=O)[nH]c2=O)cc1. The lowest BCUT2D eigenvalue weighted by Gasteiger charge is -2.10. The van der Waals surface area contributed by atoms with Crippen molar-refractivity contribution in [1.82, 2.24) is 19.5 Å². The number of aromatic nitrogens is 4. The van der Waals surface area contributed by atoms with Gasteiger partial charge in [0.2, 0.25) is 5.88 Å². The summed E-state index contributed by atoms with van der Waals surface area (Å²) in [5.74, 6) is 0.102. The van der Waals surface area contributed by atoms with E-state index in [-0.39, 0.29) is 17.8 Å². The first-order valence-electron chi connectivity index (χ1n) is 8.44. The first-order valence-corrected chi connectivity index (χ1v) is 8.44. The van der Waals surface area contributed by atoms with Crippen LogP contribution in [-0.4, -0.2) is 37.9 Å². The van der Waals surface area contributed by atoms with Crippen LogP contribution in [0.1, 0.15) is 11.1 Å². The predicted octanol–water partition coefficient (Wildman–Crippen LogP) is -0.379. The van der Waals surface area contributed by atoms with Crippen molar-refractivity contribution < 1.29 is 9.84 Å². The number of aromatic hydroxyl groups is 1. The molecule has 0 radical (unpaired) electrons. The molecule has 0 saturated heterocycles. The van der Waals surface area contributed by atoms with E-state index < -0.39 is 28.4 Å². The number of methoxy groups -OCH3 is 1. The highest BCUT2D eigenvalue weighted by Crippen LogP contribution is 2.14. The van der Waals surface area contributed by atoms with Crippen LogP contribution >= 0.6 is 0 Å². The van der Waals surface area contributed by atoms with Crippen molar-refractivity contribution >= 4 is 11.9 Å². The van der Waals surface area contributed by atoms with Gasteiger partial charge in [-0.3, -0.25) is 24.1 Å². The number of aromatic amines is 3. The normalized spacial score (nSPS) is 11.1. The van der Waals surface area contributed by atoms with E-state index in [1.807, 2.05) is 17.1 Å². The van der Waals surface area contributed by atoms with Crippen molar-refractivity contribution in [3.05, 3.63) is 83.3 Å². The van der Waals surface area contributed by atoms with Crippen molar-refractivity contribution in [3.63, 3.8) is 0 Å². The summed E-state index contributed by atoms with van der Waals surface area (Å²) in [7, 11) is 1.55. The molecule has 2 heterocycles. The van der Waals surface area contributed by atoms with E-state index in [4.69, 9.17) is 4.74 Å². The molecule has 0 fully saturated rings. The maximum atomic E-state index is 12.1. The largest absolute Gasteiger partial charge is 0.497 e. The van der Waals surface area contributed by atoms with Crippen molar-refractivity contribution in [2.45, 2.75) is 13.0 Å². The molecular formula is C18H17N5O6. The Kier molecular flexibility index (Phi) is 5.58. The monoisotopic (exact) mass is 399 g/mol. The zero-order chi connectivity index (χ0) is 21.0. The topological polar surface area (TPSA) is 162 Å². The van der Waals surface area contributed by atoms with E-state index in [9.17, 15) is 24.3 Å². The van der Waals surface area contributed by atoms with Crippen LogP contribution < -0.4 is 27.2 Å². The van der Waals surface area contributed by atoms with Gasteiger partial charge in [-0.1, -0.05) is 12.1 Å². The minimum Gasteiger partial charge on any atom is -0.497 e. The number of nitrogens with one attached hydrogen (secondary N) is 3. The summed E-state index contributed by atoms with van der Waals surface area (Å²) < 4.78 is 6.07. The quantitative estimate of drug-likeness (QED) is 0.413. The molecule has 4 N–H and O–H groups in total. The number of H-pyrrole nitrogens is 3. The summed E-state index contributed by atoms with van der Waals surface area (Å²) in [6, 6.07) is 7.17. The zero-order valence-electron chi connectivity index (χ0n) is 15.3. The molecule has 11 heteroatoms. The van der Waals surface area contributed by atoms with Crippen LogP contribution in [0, 0.1) is 0 Å². The Labute approximate surface area is 162 Å². The Hall–Kier alpha value is -4.15. The van der Waals surface area contributed by atoms with Gasteiger partial charge < -0.3 is 14.8 Å². The molecule has 3 aromatic rings. The van der Waals surface area contributed by atoms with Crippen LogP contribution in [-0.2, 0) is 13.0 Å². The van der Waals surface area contributed by atoms with Gasteiger partial charge in [0.05, 0.1) is 7.11 Å². The minimum atomic E-state index is -0.863. The highest BCUT2D eigenvalue weighted by molar-refractivity contribution is 5.83. The molecule has 2 aromatic heterocycles. The lowest BCUT2D eigenvalue weighted by Crippen LogP contribution is -2.32. The molecule has 0 aliphatic heterocycles. The molecule has 0 aliphatic rings. The van der Waals surface area contributed by atoms with Crippen LogP contribution in [0.5, 0.6) is 11.6 Å². The summed E-state index contributed by atoms with van der Waals surface area (Å²) in [6.45, 7) is 0.0911. The summed E-state index contributed by atoms with van der Waals surface area (Å²) in [5, 5.41) is 10.4. The molecule has 0 aliphatic carbocycles. The van der Waals surface area contributed by atoms with Crippen LogP contribution in [0.25, 0.3) is 0 Å². The summed E-state index contributed by atoms with van der Waals surface area (Å²) >= 11 is 0. The number of nitrogens with zero attached hydrogens (tertiary/aromatic N) is 2. The molecule has 0 bridgehead atoms. The van der Waals surface area contributed by atoms with Gasteiger partial charge in [0, 0.05) is 19.0 Å². The first-order chi connectivity index (χ1) is 13.9. The van der Waals surface area contributed by atoms with Crippen LogP contribution in [0.3, 0.4) is 0 Å². The van der Waals surface area contributed by atoms with Crippen LogP contribution in [0.2, 0.25) is 0 Å². The van der Waals surface area contributed by atoms with Crippen LogP contribution in [0.15, 0.2) is 54.6 Å². The number of hydrogen-bond donors (Lipinski definition) is 4. The molecule has 29 heavy (non-hydrogen) atoms. The Bertz CT molecular complexity index is 1280. The van der Waals surface area contributed by atoms with Gasteiger partial charge in [0.25, 0.3) is 11.1 Å². The third-order valence-electron chi connectivity index (χ3n) is 4.12. The van der Waals surface area contributed by atoms with E-state index >= 15 is 0 Å². The van der Waals surface area contributed by atoms with E-state index in [2.05, 4.69) is 15.0 Å². The predicted molar refractivity (Wildman–Crippen MR) is 105 cm³/mol. The number of aryl methyl sites for hydroxylation is 1. The van der Waals surface area contributed by atoms with E-state index in [0.717, 1.165) is 22.5 Å². The Morgan fingerprint density at radius 1 is 1.10 bits per heavy atom. The average molecular weight is 399 g/mol. The second-order valence-electron chi connectivity index (χ2n) is 5.96. The van der Waals surface area contributed by atoms with E-state index in [1.54, 1.807) is 19.2 Å². The van der Waals surface area contributed by atoms with Gasteiger partial charge in [-0.2, -0.15) is 0 Å². The smallest absolute Gasteiger partial charge is 0.331 e. The molecule has 0 amide bonds. The number of rotatable bonds is 6. The fourth-order valence-corrected chi connectivity index (χ4v) is 2.56.